The first-order valence-corrected chi connectivity index (χ1v) is 6.55. The van der Waals surface area contributed by atoms with Gasteiger partial charge in [-0.15, -0.1) is 0 Å². The fraction of sp³-hybridized carbons (Fsp3) is 0.231. The first-order valence-electron chi connectivity index (χ1n) is 5.61. The first kappa shape index (κ1) is 13.1. The summed E-state index contributed by atoms with van der Waals surface area (Å²) in [5.74, 6) is 3.85. The molecule has 0 radical (unpaired) electrons. The molecule has 1 unspecified atom stereocenters. The molecule has 5 heteroatoms. The molecule has 0 saturated carbocycles. The van der Waals surface area contributed by atoms with Crippen LogP contribution in [0.2, 0.25) is 0 Å². The molecular weight excluding hydrogens is 254 g/mol. The number of nitrogens with one attached hydrogen (secondary N) is 1. The first-order chi connectivity index (χ1) is 8.70. The topological polar surface area (TPSA) is 38.0 Å². The maximum atomic E-state index is 13.5. The van der Waals surface area contributed by atoms with Gasteiger partial charge in [0.05, 0.1) is 0 Å². The summed E-state index contributed by atoms with van der Waals surface area (Å²) in [5, 5.41) is 4.00. The van der Waals surface area contributed by atoms with Crippen LogP contribution in [-0.4, -0.2) is 6.04 Å². The molecule has 2 rings (SSSR count). The number of rotatable bonds is 5. The van der Waals surface area contributed by atoms with Gasteiger partial charge >= 0.3 is 0 Å². The van der Waals surface area contributed by atoms with Crippen LogP contribution in [0.15, 0.2) is 35.0 Å². The van der Waals surface area contributed by atoms with Crippen LogP contribution >= 0.6 is 11.3 Å². The van der Waals surface area contributed by atoms with Crippen molar-refractivity contribution in [2.45, 2.75) is 18.9 Å². The minimum Gasteiger partial charge on any atom is -0.271 e. The van der Waals surface area contributed by atoms with Crippen molar-refractivity contribution in [3.63, 3.8) is 0 Å². The monoisotopic (exact) mass is 268 g/mol. The van der Waals surface area contributed by atoms with Crippen molar-refractivity contribution in [1.82, 2.24) is 5.43 Å². The second-order valence-electron chi connectivity index (χ2n) is 4.12. The minimum atomic E-state index is -0.821. The molecule has 0 aliphatic rings. The van der Waals surface area contributed by atoms with E-state index in [-0.39, 0.29) is 6.04 Å². The maximum Gasteiger partial charge on any atom is 0.162 e. The van der Waals surface area contributed by atoms with E-state index >= 15 is 0 Å². The second kappa shape index (κ2) is 6.04. The molecule has 0 bridgehead atoms. The van der Waals surface area contributed by atoms with Crippen LogP contribution in [0.5, 0.6) is 0 Å². The molecule has 3 N–H and O–H groups in total. The van der Waals surface area contributed by atoms with Crippen LogP contribution in [-0.2, 0) is 12.8 Å². The van der Waals surface area contributed by atoms with Gasteiger partial charge in [-0.05, 0) is 46.9 Å². The largest absolute Gasteiger partial charge is 0.271 e. The molecule has 1 aromatic heterocycles. The number of hydrazine groups is 1. The molecule has 0 fully saturated rings. The SMILES string of the molecule is NNC(Cc1ccsc1)Cc1cccc(F)c1F. The third-order valence-corrected chi connectivity index (χ3v) is 3.53. The quantitative estimate of drug-likeness (QED) is 0.646. The van der Waals surface area contributed by atoms with Crippen molar-refractivity contribution < 1.29 is 8.78 Å². The molecule has 2 aromatic rings. The summed E-state index contributed by atoms with van der Waals surface area (Å²) in [6.07, 6.45) is 1.05. The molecule has 0 spiro atoms. The lowest BCUT2D eigenvalue weighted by molar-refractivity contribution is 0.474. The molecule has 0 aliphatic carbocycles. The van der Waals surface area contributed by atoms with Gasteiger partial charge in [-0.2, -0.15) is 11.3 Å². The molecule has 0 aliphatic heterocycles. The fourth-order valence-electron chi connectivity index (χ4n) is 1.85. The lowest BCUT2D eigenvalue weighted by Gasteiger charge is -2.15. The number of hydrogen-bond acceptors (Lipinski definition) is 3. The van der Waals surface area contributed by atoms with E-state index in [1.54, 1.807) is 17.4 Å². The summed E-state index contributed by atoms with van der Waals surface area (Å²) >= 11 is 1.60. The highest BCUT2D eigenvalue weighted by atomic mass is 32.1. The Morgan fingerprint density at radius 1 is 1.22 bits per heavy atom. The van der Waals surface area contributed by atoms with Crippen LogP contribution < -0.4 is 11.3 Å². The lowest BCUT2D eigenvalue weighted by Crippen LogP contribution is -2.38. The van der Waals surface area contributed by atoms with Gasteiger partial charge < -0.3 is 0 Å². The number of benzene rings is 1. The highest BCUT2D eigenvalue weighted by Gasteiger charge is 2.14. The van der Waals surface area contributed by atoms with E-state index in [0.717, 1.165) is 11.6 Å². The maximum absolute atomic E-state index is 13.5. The third kappa shape index (κ3) is 3.13. The lowest BCUT2D eigenvalue weighted by atomic mass is 10.0. The number of thiophene rings is 1. The molecule has 1 atom stereocenters. The normalized spacial score (nSPS) is 12.6. The van der Waals surface area contributed by atoms with Crippen molar-refractivity contribution in [3.05, 3.63) is 57.8 Å². The zero-order valence-electron chi connectivity index (χ0n) is 9.70. The predicted molar refractivity (Wildman–Crippen MR) is 69.2 cm³/mol. The van der Waals surface area contributed by atoms with Crippen molar-refractivity contribution in [2.75, 3.05) is 0 Å². The van der Waals surface area contributed by atoms with Crippen LogP contribution in [0, 0.1) is 11.6 Å². The Labute approximate surface area is 108 Å². The summed E-state index contributed by atoms with van der Waals surface area (Å²) in [4.78, 5) is 0. The molecule has 0 amide bonds. The van der Waals surface area contributed by atoms with E-state index in [1.165, 1.54) is 6.07 Å². The van der Waals surface area contributed by atoms with Crippen LogP contribution in [0.3, 0.4) is 0 Å². The highest BCUT2D eigenvalue weighted by Crippen LogP contribution is 2.16. The van der Waals surface area contributed by atoms with Gasteiger partial charge in [-0.3, -0.25) is 11.3 Å². The van der Waals surface area contributed by atoms with Crippen LogP contribution in [0.1, 0.15) is 11.1 Å². The smallest absolute Gasteiger partial charge is 0.162 e. The number of nitrogens with two attached hydrogens (primary N) is 1. The van der Waals surface area contributed by atoms with Gasteiger partial charge in [-0.25, -0.2) is 8.78 Å². The van der Waals surface area contributed by atoms with Crippen molar-refractivity contribution >= 4 is 11.3 Å². The molecule has 2 nitrogen and oxygen atoms in total. The van der Waals surface area contributed by atoms with Crippen molar-refractivity contribution in [3.8, 4) is 0 Å². The van der Waals surface area contributed by atoms with Gasteiger partial charge in [0.1, 0.15) is 0 Å². The average molecular weight is 268 g/mol. The van der Waals surface area contributed by atoms with Gasteiger partial charge in [0.25, 0.3) is 0 Å². The average Bonchev–Trinajstić information content (AvgIpc) is 2.86. The Morgan fingerprint density at radius 2 is 2.06 bits per heavy atom. The summed E-state index contributed by atoms with van der Waals surface area (Å²) in [7, 11) is 0. The summed E-state index contributed by atoms with van der Waals surface area (Å²) in [6.45, 7) is 0. The molecule has 96 valence electrons. The van der Waals surface area contributed by atoms with E-state index in [4.69, 9.17) is 5.84 Å². The fourth-order valence-corrected chi connectivity index (χ4v) is 2.54. The van der Waals surface area contributed by atoms with E-state index in [9.17, 15) is 8.78 Å². The molecule has 0 saturated heterocycles. The van der Waals surface area contributed by atoms with Gasteiger partial charge in [0.2, 0.25) is 0 Å². The Balaban J connectivity index is 2.08. The summed E-state index contributed by atoms with van der Waals surface area (Å²) < 4.78 is 26.6. The standard InChI is InChI=1S/C13H14F2N2S/c14-12-3-1-2-10(13(12)15)7-11(17-16)6-9-4-5-18-8-9/h1-5,8,11,17H,6-7,16H2. The highest BCUT2D eigenvalue weighted by molar-refractivity contribution is 7.07. The zero-order valence-corrected chi connectivity index (χ0v) is 10.5. The van der Waals surface area contributed by atoms with Crippen molar-refractivity contribution in [2.24, 2.45) is 5.84 Å². The number of halogens is 2. The summed E-state index contributed by atoms with van der Waals surface area (Å²) in [5.41, 5.74) is 4.13. The molecule has 18 heavy (non-hydrogen) atoms. The van der Waals surface area contributed by atoms with Gasteiger partial charge in [0.15, 0.2) is 11.6 Å². The van der Waals surface area contributed by atoms with Gasteiger partial charge in [-0.1, -0.05) is 12.1 Å². The summed E-state index contributed by atoms with van der Waals surface area (Å²) in [6, 6.07) is 6.08. The van der Waals surface area contributed by atoms with Crippen LogP contribution in [0.25, 0.3) is 0 Å². The Hall–Kier alpha value is -1.30. The number of hydrogen-bond donors (Lipinski definition) is 2. The Morgan fingerprint density at radius 3 is 2.72 bits per heavy atom. The van der Waals surface area contributed by atoms with E-state index in [1.807, 2.05) is 16.8 Å². The van der Waals surface area contributed by atoms with Crippen LogP contribution in [0.4, 0.5) is 8.78 Å². The second-order valence-corrected chi connectivity index (χ2v) is 4.90. The Bertz CT molecular complexity index is 500. The molecule has 1 aromatic carbocycles. The zero-order chi connectivity index (χ0) is 13.0. The van der Waals surface area contributed by atoms with Crippen molar-refractivity contribution in [1.29, 1.82) is 0 Å². The predicted octanol–water partition coefficient (Wildman–Crippen LogP) is 2.64. The van der Waals surface area contributed by atoms with Gasteiger partial charge in [0, 0.05) is 6.04 Å². The van der Waals surface area contributed by atoms with E-state index in [0.29, 0.717) is 18.4 Å². The third-order valence-electron chi connectivity index (χ3n) is 2.80. The Kier molecular flexibility index (Phi) is 4.41. The van der Waals surface area contributed by atoms with E-state index < -0.39 is 11.6 Å². The molecular formula is C13H14F2N2S. The van der Waals surface area contributed by atoms with E-state index in [2.05, 4.69) is 5.43 Å². The minimum absolute atomic E-state index is 0.115. The molecule has 1 heterocycles.